The van der Waals surface area contributed by atoms with Crippen LogP contribution in [0.15, 0.2) is 24.5 Å². The van der Waals surface area contributed by atoms with Crippen molar-refractivity contribution in [2.24, 2.45) is 5.41 Å². The number of fused-ring (bicyclic) bond motifs is 1. The van der Waals surface area contributed by atoms with Gasteiger partial charge < -0.3 is 15.4 Å². The average Bonchev–Trinajstić information content (AvgIpc) is 3.15. The number of carbonyl (C=O) groups excluding carboxylic acids is 2. The molecule has 0 bridgehead atoms. The summed E-state index contributed by atoms with van der Waals surface area (Å²) in [6.07, 6.45) is 5.45. The summed E-state index contributed by atoms with van der Waals surface area (Å²) in [6, 6.07) is 3.86. The summed E-state index contributed by atoms with van der Waals surface area (Å²) in [5.74, 6) is -0.322. The van der Waals surface area contributed by atoms with E-state index < -0.39 is 0 Å². The van der Waals surface area contributed by atoms with Gasteiger partial charge >= 0.3 is 5.97 Å². The third kappa shape index (κ3) is 2.89. The molecule has 1 spiro atoms. The zero-order valence-electron chi connectivity index (χ0n) is 14.2. The lowest BCUT2D eigenvalue weighted by atomic mass is 9.76. The lowest BCUT2D eigenvalue weighted by molar-refractivity contribution is -0.149. The zero-order valence-corrected chi connectivity index (χ0v) is 14.2. The van der Waals surface area contributed by atoms with Gasteiger partial charge in [-0.25, -0.2) is 4.98 Å². The number of rotatable bonds is 3. The van der Waals surface area contributed by atoms with Crippen LogP contribution in [0.4, 0.5) is 0 Å². The number of nitrogens with one attached hydrogen (secondary N) is 2. The number of nitrogens with zero attached hydrogens (tertiary/aromatic N) is 2. The van der Waals surface area contributed by atoms with Gasteiger partial charge in [-0.05, 0) is 50.6 Å². The van der Waals surface area contributed by atoms with Crippen molar-refractivity contribution in [2.75, 3.05) is 19.6 Å². The highest BCUT2D eigenvalue weighted by atomic mass is 16.6. The number of aromatic nitrogens is 2. The molecule has 2 aromatic heterocycles. The molecule has 4 heterocycles. The van der Waals surface area contributed by atoms with E-state index in [1.165, 1.54) is 0 Å². The lowest BCUT2D eigenvalue weighted by Gasteiger charge is -2.29. The van der Waals surface area contributed by atoms with Gasteiger partial charge in [0.25, 0.3) is 5.91 Å². The van der Waals surface area contributed by atoms with Crippen molar-refractivity contribution in [2.45, 2.75) is 32.3 Å². The first-order chi connectivity index (χ1) is 12.1. The third-order valence-electron chi connectivity index (χ3n) is 5.28. The second kappa shape index (κ2) is 6.15. The normalized spacial score (nSPS) is 22.3. The van der Waals surface area contributed by atoms with E-state index in [1.54, 1.807) is 10.6 Å². The van der Waals surface area contributed by atoms with Crippen molar-refractivity contribution in [3.05, 3.63) is 35.8 Å². The fourth-order valence-electron chi connectivity index (χ4n) is 3.81. The summed E-state index contributed by atoms with van der Waals surface area (Å²) < 4.78 is 7.28. The molecule has 132 valence electrons. The Balaban J connectivity index is 1.41. The quantitative estimate of drug-likeness (QED) is 0.815. The molecule has 7 heteroatoms. The van der Waals surface area contributed by atoms with Crippen molar-refractivity contribution in [1.29, 1.82) is 0 Å². The Kier molecular flexibility index (Phi) is 3.95. The second-order valence-corrected chi connectivity index (χ2v) is 7.05. The molecule has 2 aromatic rings. The maximum Gasteiger partial charge on any atom is 0.312 e. The summed E-state index contributed by atoms with van der Waals surface area (Å²) in [4.78, 5) is 29.0. The minimum Gasteiger partial charge on any atom is -0.460 e. The van der Waals surface area contributed by atoms with Crippen LogP contribution in [-0.2, 0) is 9.53 Å². The molecular weight excluding hydrogens is 320 g/mol. The van der Waals surface area contributed by atoms with Crippen LogP contribution in [0.25, 0.3) is 5.65 Å². The second-order valence-electron chi connectivity index (χ2n) is 7.05. The smallest absolute Gasteiger partial charge is 0.312 e. The van der Waals surface area contributed by atoms with Gasteiger partial charge in [0.05, 0.1) is 18.2 Å². The molecule has 0 aromatic carbocycles. The lowest BCUT2D eigenvalue weighted by Crippen LogP contribution is -2.39. The first kappa shape index (κ1) is 16.1. The van der Waals surface area contributed by atoms with Crippen molar-refractivity contribution in [3.8, 4) is 0 Å². The molecule has 7 nitrogen and oxygen atoms in total. The van der Waals surface area contributed by atoms with Crippen LogP contribution < -0.4 is 10.6 Å². The van der Waals surface area contributed by atoms with Crippen LogP contribution in [0.2, 0.25) is 0 Å². The molecule has 1 unspecified atom stereocenters. The molecule has 2 saturated heterocycles. The standard InChI is InChI=1S/C18H22N4O3/c1-12-2-7-22-14(11-20-15(22)8-12)16(23)21-10-13-9-18(17(24)25-13)3-5-19-6-4-18/h2,7-8,11,13,19H,3-6,9-10H2,1H3,(H,21,23). The fraction of sp³-hybridized carbons (Fsp3) is 0.500. The van der Waals surface area contributed by atoms with Gasteiger partial charge in [0.2, 0.25) is 0 Å². The van der Waals surface area contributed by atoms with Crippen molar-refractivity contribution in [3.63, 3.8) is 0 Å². The number of imidazole rings is 1. The summed E-state index contributed by atoms with van der Waals surface area (Å²) in [5, 5.41) is 6.16. The topological polar surface area (TPSA) is 84.7 Å². The molecule has 0 saturated carbocycles. The van der Waals surface area contributed by atoms with E-state index in [1.807, 2.05) is 25.3 Å². The Labute approximate surface area is 145 Å². The van der Waals surface area contributed by atoms with Gasteiger partial charge in [-0.3, -0.25) is 14.0 Å². The van der Waals surface area contributed by atoms with Crippen molar-refractivity contribution < 1.29 is 14.3 Å². The predicted octanol–water partition coefficient (Wildman–Crippen LogP) is 1.06. The first-order valence-electron chi connectivity index (χ1n) is 8.71. The summed E-state index contributed by atoms with van der Waals surface area (Å²) in [5.41, 5.74) is 1.96. The highest BCUT2D eigenvalue weighted by Crippen LogP contribution is 2.41. The minimum absolute atomic E-state index is 0.112. The third-order valence-corrected chi connectivity index (χ3v) is 5.28. The Morgan fingerprint density at radius 3 is 3.08 bits per heavy atom. The van der Waals surface area contributed by atoms with E-state index >= 15 is 0 Å². The van der Waals surface area contributed by atoms with Gasteiger partial charge in [-0.1, -0.05) is 0 Å². The van der Waals surface area contributed by atoms with Gasteiger partial charge in [0, 0.05) is 12.6 Å². The van der Waals surface area contributed by atoms with E-state index in [0.717, 1.165) is 37.1 Å². The monoisotopic (exact) mass is 342 g/mol. The summed E-state index contributed by atoms with van der Waals surface area (Å²) >= 11 is 0. The zero-order chi connectivity index (χ0) is 17.4. The van der Waals surface area contributed by atoms with Gasteiger partial charge in [0.1, 0.15) is 17.4 Å². The number of piperidine rings is 1. The van der Waals surface area contributed by atoms with Crippen LogP contribution >= 0.6 is 0 Å². The molecule has 25 heavy (non-hydrogen) atoms. The number of esters is 1. The Hall–Kier alpha value is -2.41. The van der Waals surface area contributed by atoms with Crippen molar-refractivity contribution >= 4 is 17.5 Å². The SMILES string of the molecule is Cc1ccn2c(C(=O)NCC3CC4(CCNCC4)C(=O)O3)cnc2c1. The number of amides is 1. The van der Waals surface area contributed by atoms with E-state index in [-0.39, 0.29) is 23.4 Å². The van der Waals surface area contributed by atoms with Gasteiger partial charge in [0.15, 0.2) is 0 Å². The van der Waals surface area contributed by atoms with E-state index in [2.05, 4.69) is 15.6 Å². The van der Waals surface area contributed by atoms with Crippen molar-refractivity contribution in [1.82, 2.24) is 20.0 Å². The van der Waals surface area contributed by atoms with Crippen LogP contribution in [0.1, 0.15) is 35.3 Å². The van der Waals surface area contributed by atoms with E-state index in [0.29, 0.717) is 18.7 Å². The number of carbonyl (C=O) groups is 2. The molecular formula is C18H22N4O3. The minimum atomic E-state index is -0.360. The maximum absolute atomic E-state index is 12.5. The Bertz CT molecular complexity index is 823. The molecule has 4 rings (SSSR count). The fourth-order valence-corrected chi connectivity index (χ4v) is 3.81. The molecule has 2 fully saturated rings. The van der Waals surface area contributed by atoms with E-state index in [4.69, 9.17) is 4.74 Å². The van der Waals surface area contributed by atoms with Crippen LogP contribution in [0, 0.1) is 12.3 Å². The highest BCUT2D eigenvalue weighted by Gasteiger charge is 2.49. The number of hydrogen-bond donors (Lipinski definition) is 2. The maximum atomic E-state index is 12.5. The van der Waals surface area contributed by atoms with Crippen LogP contribution in [0.3, 0.4) is 0 Å². The number of pyridine rings is 1. The van der Waals surface area contributed by atoms with Gasteiger partial charge in [-0.15, -0.1) is 0 Å². The molecule has 2 N–H and O–H groups in total. The largest absolute Gasteiger partial charge is 0.460 e. The predicted molar refractivity (Wildman–Crippen MR) is 91.3 cm³/mol. The number of hydrogen-bond acceptors (Lipinski definition) is 5. The Morgan fingerprint density at radius 2 is 2.28 bits per heavy atom. The molecule has 1 atom stereocenters. The molecule has 2 aliphatic heterocycles. The molecule has 0 radical (unpaired) electrons. The van der Waals surface area contributed by atoms with Crippen LogP contribution in [-0.4, -0.2) is 47.0 Å². The summed E-state index contributed by atoms with van der Waals surface area (Å²) in [6.45, 7) is 4.00. The van der Waals surface area contributed by atoms with Gasteiger partial charge in [-0.2, -0.15) is 0 Å². The Morgan fingerprint density at radius 1 is 1.48 bits per heavy atom. The van der Waals surface area contributed by atoms with Crippen LogP contribution in [0.5, 0.6) is 0 Å². The molecule has 1 amide bonds. The number of aryl methyl sites for hydroxylation is 1. The van der Waals surface area contributed by atoms with E-state index in [9.17, 15) is 9.59 Å². The average molecular weight is 342 g/mol. The summed E-state index contributed by atoms with van der Waals surface area (Å²) in [7, 11) is 0. The highest BCUT2D eigenvalue weighted by molar-refractivity contribution is 5.93. The number of ether oxygens (including phenoxy) is 1. The first-order valence-corrected chi connectivity index (χ1v) is 8.71. The molecule has 2 aliphatic rings. The number of cyclic esters (lactones) is 1. The molecule has 0 aliphatic carbocycles.